The first-order valence-electron chi connectivity index (χ1n) is 9.80. The molecule has 7 atom stereocenters. The number of ketones is 2. The number of rotatable bonds is 2. The first kappa shape index (κ1) is 21.4. The summed E-state index contributed by atoms with van der Waals surface area (Å²) in [4.78, 5) is 24.2. The van der Waals surface area contributed by atoms with Crippen LogP contribution in [0.2, 0.25) is 0 Å². The number of carbonyl (C=O) groups is 2. The Hall–Kier alpha value is -0.300. The van der Waals surface area contributed by atoms with Crippen molar-refractivity contribution in [2.24, 2.45) is 28.6 Å². The third-order valence-corrected chi connectivity index (χ3v) is 8.40. The average molecular weight is 558 g/mol. The van der Waals surface area contributed by atoms with E-state index in [2.05, 4.69) is 13.3 Å². The van der Waals surface area contributed by atoms with Crippen LogP contribution in [-0.2, 0) is 32.0 Å². The molecule has 3 N–H and O–H groups in total. The second kappa shape index (κ2) is 6.89. The van der Waals surface area contributed by atoms with Gasteiger partial charge in [0.2, 0.25) is 0 Å². The fourth-order valence-electron chi connectivity index (χ4n) is 7.06. The van der Waals surface area contributed by atoms with E-state index < -0.39 is 29.5 Å². The molecule has 0 saturated heterocycles. The summed E-state index contributed by atoms with van der Waals surface area (Å²) in [5, 5.41) is 31.7. The van der Waals surface area contributed by atoms with Gasteiger partial charge in [0.25, 0.3) is 0 Å². The maximum atomic E-state index is 12.4. The van der Waals surface area contributed by atoms with Crippen molar-refractivity contribution in [2.45, 2.75) is 64.1 Å². The topological polar surface area (TPSA) is 94.8 Å². The Morgan fingerprint density at radius 3 is 2.70 bits per heavy atom. The van der Waals surface area contributed by atoms with E-state index in [1.54, 1.807) is 6.08 Å². The molecule has 154 valence electrons. The van der Waals surface area contributed by atoms with Crippen molar-refractivity contribution in [2.75, 3.05) is 6.61 Å². The molecule has 3 fully saturated rings. The van der Waals surface area contributed by atoms with Crippen molar-refractivity contribution in [3.8, 4) is 0 Å². The second-order valence-corrected chi connectivity index (χ2v) is 9.33. The molecule has 0 heterocycles. The molecule has 0 aromatic carbocycles. The predicted molar refractivity (Wildman–Crippen MR) is 94.8 cm³/mol. The van der Waals surface area contributed by atoms with Gasteiger partial charge in [-0.3, -0.25) is 9.59 Å². The zero-order valence-electron chi connectivity index (χ0n) is 15.9. The van der Waals surface area contributed by atoms with Crippen LogP contribution in [0.4, 0.5) is 0 Å². The molecule has 0 spiro atoms. The summed E-state index contributed by atoms with van der Waals surface area (Å²) in [5.41, 5.74) is -1.44. The van der Waals surface area contributed by atoms with E-state index in [4.69, 9.17) is 0 Å². The number of carbonyl (C=O) groups excluding carboxylic acids is 2. The van der Waals surface area contributed by atoms with Gasteiger partial charge in [0.05, 0.1) is 6.10 Å². The van der Waals surface area contributed by atoms with Crippen LogP contribution < -0.4 is 0 Å². The van der Waals surface area contributed by atoms with Crippen molar-refractivity contribution in [3.63, 3.8) is 0 Å². The van der Waals surface area contributed by atoms with Crippen LogP contribution in [0.3, 0.4) is 0 Å². The van der Waals surface area contributed by atoms with E-state index in [-0.39, 0.29) is 51.3 Å². The maximum absolute atomic E-state index is 12.4. The Morgan fingerprint density at radius 1 is 1.33 bits per heavy atom. The number of aliphatic hydroxyl groups excluding tert-OH is 2. The quantitative estimate of drug-likeness (QED) is 0.354. The molecule has 4 aliphatic carbocycles. The van der Waals surface area contributed by atoms with Crippen molar-refractivity contribution >= 4 is 11.6 Å². The van der Waals surface area contributed by atoms with Gasteiger partial charge in [0.15, 0.2) is 5.78 Å². The van der Waals surface area contributed by atoms with Crippen LogP contribution in [-0.4, -0.2) is 45.2 Å². The molecule has 0 radical (unpaired) electrons. The molecule has 6 heteroatoms. The molecule has 0 aromatic heterocycles. The number of hydrogen-bond donors (Lipinski definition) is 3. The van der Waals surface area contributed by atoms with Crippen LogP contribution in [0.25, 0.3) is 0 Å². The number of Topliss-reactive ketones (excluding diaryl/α,β-unsaturated/α-hetero) is 1. The molecule has 0 aliphatic heterocycles. The summed E-state index contributed by atoms with van der Waals surface area (Å²) < 4.78 is 0. The largest absolute Gasteiger partial charge is 1.00 e. The molecule has 4 rings (SSSR count). The molecule has 0 aromatic rings. The minimum atomic E-state index is -1.55. The van der Waals surface area contributed by atoms with Gasteiger partial charge in [-0.1, -0.05) is 19.4 Å². The molecular formula is C21H29AuO5. The Balaban J connectivity index is 0.00000210. The fraction of sp³-hybridized carbons (Fsp3) is 0.762. The normalized spacial score (nSPS) is 48.6. The van der Waals surface area contributed by atoms with E-state index >= 15 is 0 Å². The van der Waals surface area contributed by atoms with Crippen molar-refractivity contribution in [3.05, 3.63) is 18.1 Å². The van der Waals surface area contributed by atoms with Crippen LogP contribution in [0.1, 0.15) is 52.4 Å². The predicted octanol–water partition coefficient (Wildman–Crippen LogP) is 1.59. The summed E-state index contributed by atoms with van der Waals surface area (Å²) in [5.74, 6) is -0.0302. The third kappa shape index (κ3) is 2.73. The first-order valence-corrected chi connectivity index (χ1v) is 9.80. The minimum absolute atomic E-state index is 0. The summed E-state index contributed by atoms with van der Waals surface area (Å²) in [6.45, 7) is 3.39. The number of aliphatic hydroxyl groups is 3. The third-order valence-electron chi connectivity index (χ3n) is 8.40. The van der Waals surface area contributed by atoms with Crippen LogP contribution in [0, 0.1) is 35.0 Å². The first-order chi connectivity index (χ1) is 12.2. The summed E-state index contributed by atoms with van der Waals surface area (Å²) in [6.07, 6.45) is 6.75. The van der Waals surface area contributed by atoms with Crippen molar-refractivity contribution < 1.29 is 47.3 Å². The molecule has 3 saturated carbocycles. The van der Waals surface area contributed by atoms with Crippen molar-refractivity contribution in [1.82, 2.24) is 0 Å². The van der Waals surface area contributed by atoms with Gasteiger partial charge in [-0.05, 0) is 55.9 Å². The molecule has 0 bridgehead atoms. The summed E-state index contributed by atoms with van der Waals surface area (Å²) in [7, 11) is 0. The Morgan fingerprint density at radius 2 is 2.04 bits per heavy atom. The number of hydrogen-bond acceptors (Lipinski definition) is 5. The maximum Gasteiger partial charge on any atom is 1.00 e. The molecule has 27 heavy (non-hydrogen) atoms. The van der Waals surface area contributed by atoms with Crippen LogP contribution >= 0.6 is 0 Å². The zero-order chi connectivity index (χ0) is 18.9. The van der Waals surface area contributed by atoms with Gasteiger partial charge in [-0.15, -0.1) is 11.8 Å². The van der Waals surface area contributed by atoms with E-state index in [0.29, 0.717) is 19.3 Å². The monoisotopic (exact) mass is 558 g/mol. The van der Waals surface area contributed by atoms with Gasteiger partial charge in [-0.25, -0.2) is 0 Å². The van der Waals surface area contributed by atoms with E-state index in [1.807, 2.05) is 6.92 Å². The van der Waals surface area contributed by atoms with Gasteiger partial charge in [-0.2, -0.15) is 0 Å². The molecular weight excluding hydrogens is 529 g/mol. The minimum Gasteiger partial charge on any atom is -0.393 e. The zero-order valence-corrected chi connectivity index (χ0v) is 18.0. The standard InChI is InChI=1S/C21H29O5.Au/c1-19-7-5-13(23)9-12(19)3-4-14-15-6-8-21(26,17(25)11-22)20(15,2)10-16(24)18(14)19;/h7,9,14-16,18,22,24,26H,3-6,8,10-11H2,1-2H3;/q-1;+1/t14-,15-,16-,18+,19-,20-,21-;/m0./s1. The smallest absolute Gasteiger partial charge is 0.393 e. The van der Waals surface area contributed by atoms with Gasteiger partial charge in [0.1, 0.15) is 18.0 Å². The Kier molecular flexibility index (Phi) is 5.46. The van der Waals surface area contributed by atoms with Crippen LogP contribution in [0.5, 0.6) is 0 Å². The van der Waals surface area contributed by atoms with E-state index in [0.717, 1.165) is 24.8 Å². The average Bonchev–Trinajstić information content (AvgIpc) is 2.86. The fourth-order valence-corrected chi connectivity index (χ4v) is 7.06. The molecule has 0 unspecified atom stereocenters. The molecule has 5 nitrogen and oxygen atoms in total. The van der Waals surface area contributed by atoms with Gasteiger partial charge < -0.3 is 21.7 Å². The number of fused-ring (bicyclic) bond motifs is 5. The Labute approximate surface area is 176 Å². The van der Waals surface area contributed by atoms with Gasteiger partial charge in [0, 0.05) is 5.41 Å². The van der Waals surface area contributed by atoms with E-state index in [9.17, 15) is 24.9 Å². The second-order valence-electron chi connectivity index (χ2n) is 9.33. The molecule has 0 amide bonds. The summed E-state index contributed by atoms with van der Waals surface area (Å²) in [6, 6.07) is 0. The summed E-state index contributed by atoms with van der Waals surface area (Å²) >= 11 is 0. The van der Waals surface area contributed by atoms with Crippen molar-refractivity contribution in [1.29, 1.82) is 0 Å². The van der Waals surface area contributed by atoms with Gasteiger partial charge >= 0.3 is 22.4 Å². The molecule has 4 aliphatic rings. The number of allylic oxidation sites excluding steroid dienone is 1. The SMILES string of the molecule is C[C@]12[CH-]CC(=O)C=C1CC[C@@H]1[C@@H]2[C@@H](O)C[C@@]2(C)[C@H]1CC[C@]2(O)C(=O)CO.[Au+]. The van der Waals surface area contributed by atoms with E-state index in [1.165, 1.54) is 0 Å². The van der Waals surface area contributed by atoms with Crippen LogP contribution in [0.15, 0.2) is 11.6 Å². The Bertz CT molecular complexity index is 690.